The zero-order valence-corrected chi connectivity index (χ0v) is 11.9. The highest BCUT2D eigenvalue weighted by molar-refractivity contribution is 7.14. The van der Waals surface area contributed by atoms with Crippen LogP contribution in [0, 0.1) is 0 Å². The molecule has 1 heterocycles. The molecule has 0 saturated heterocycles. The number of hydrogen-bond donors (Lipinski definition) is 2. The first-order valence-corrected chi connectivity index (χ1v) is 7.52. The van der Waals surface area contributed by atoms with Crippen LogP contribution in [0.15, 0.2) is 6.07 Å². The van der Waals surface area contributed by atoms with E-state index in [0.29, 0.717) is 4.88 Å². The Morgan fingerprint density at radius 1 is 1.37 bits per heavy atom. The number of carboxylic acid groups (broad SMARTS) is 1. The maximum Gasteiger partial charge on any atom is 0.305 e. The molecule has 0 spiro atoms. The van der Waals surface area contributed by atoms with Gasteiger partial charge in [-0.05, 0) is 44.2 Å². The predicted octanol–water partition coefficient (Wildman–Crippen LogP) is 2.61. The van der Waals surface area contributed by atoms with Crippen LogP contribution < -0.4 is 5.32 Å². The highest BCUT2D eigenvalue weighted by Crippen LogP contribution is 2.28. The van der Waals surface area contributed by atoms with Crippen LogP contribution >= 0.6 is 11.3 Å². The van der Waals surface area contributed by atoms with E-state index in [-0.39, 0.29) is 18.4 Å². The second-order valence-corrected chi connectivity index (χ2v) is 6.23. The van der Waals surface area contributed by atoms with Crippen molar-refractivity contribution in [3.05, 3.63) is 21.4 Å². The molecule has 2 N–H and O–H groups in total. The lowest BCUT2D eigenvalue weighted by molar-refractivity contribution is -0.137. The molecule has 0 saturated carbocycles. The summed E-state index contributed by atoms with van der Waals surface area (Å²) in [6, 6.07) is 1.64. The van der Waals surface area contributed by atoms with Gasteiger partial charge in [-0.1, -0.05) is 6.42 Å². The van der Waals surface area contributed by atoms with Gasteiger partial charge in [0.2, 0.25) is 0 Å². The van der Waals surface area contributed by atoms with Gasteiger partial charge < -0.3 is 10.4 Å². The van der Waals surface area contributed by atoms with Crippen molar-refractivity contribution in [1.29, 1.82) is 0 Å². The molecule has 2 rings (SSSR count). The predicted molar refractivity (Wildman–Crippen MR) is 74.8 cm³/mol. The van der Waals surface area contributed by atoms with Crippen molar-refractivity contribution in [3.63, 3.8) is 0 Å². The molecule has 1 unspecified atom stereocenters. The van der Waals surface area contributed by atoms with Gasteiger partial charge in [-0.25, -0.2) is 0 Å². The van der Waals surface area contributed by atoms with Gasteiger partial charge in [0.25, 0.3) is 5.91 Å². The smallest absolute Gasteiger partial charge is 0.305 e. The molecular weight excluding hydrogens is 262 g/mol. The summed E-state index contributed by atoms with van der Waals surface area (Å²) < 4.78 is 0. The molecule has 1 aromatic rings. The summed E-state index contributed by atoms with van der Waals surface area (Å²) in [6.45, 7) is 1.71. The fourth-order valence-electron chi connectivity index (χ4n) is 2.39. The molecule has 0 bridgehead atoms. The van der Waals surface area contributed by atoms with Crippen molar-refractivity contribution >= 4 is 23.2 Å². The van der Waals surface area contributed by atoms with E-state index in [1.165, 1.54) is 29.7 Å². The number of aliphatic carboxylic acids is 1. The van der Waals surface area contributed by atoms with Crippen LogP contribution in [0.4, 0.5) is 0 Å². The van der Waals surface area contributed by atoms with Gasteiger partial charge in [0.15, 0.2) is 0 Å². The van der Waals surface area contributed by atoms with Gasteiger partial charge in [-0.15, -0.1) is 11.3 Å². The van der Waals surface area contributed by atoms with Gasteiger partial charge in [-0.3, -0.25) is 9.59 Å². The van der Waals surface area contributed by atoms with E-state index in [0.717, 1.165) is 12.8 Å². The second kappa shape index (κ2) is 6.19. The highest BCUT2D eigenvalue weighted by Gasteiger charge is 2.18. The standard InChI is InChI=1S/C14H19NO3S/c1-9(7-13(16)17)15-14(18)12-8-10-5-3-2-4-6-11(10)19-12/h8-9H,2-7H2,1H3,(H,15,18)(H,16,17). The SMILES string of the molecule is CC(CC(=O)O)NC(=O)c1cc2c(s1)CCCCC2. The van der Waals surface area contributed by atoms with E-state index in [2.05, 4.69) is 5.32 Å². The van der Waals surface area contributed by atoms with E-state index in [4.69, 9.17) is 5.11 Å². The fraction of sp³-hybridized carbons (Fsp3) is 0.571. The third-order valence-electron chi connectivity index (χ3n) is 3.33. The Labute approximate surface area is 116 Å². The van der Waals surface area contributed by atoms with Crippen LogP contribution in [0.3, 0.4) is 0 Å². The summed E-state index contributed by atoms with van der Waals surface area (Å²) in [5, 5.41) is 11.4. The molecule has 104 valence electrons. The number of fused-ring (bicyclic) bond motifs is 1. The molecule has 0 aliphatic heterocycles. The Hall–Kier alpha value is -1.36. The normalized spacial score (nSPS) is 16.3. The van der Waals surface area contributed by atoms with Gasteiger partial charge >= 0.3 is 5.97 Å². The first kappa shape index (κ1) is 14.1. The first-order chi connectivity index (χ1) is 9.06. The zero-order chi connectivity index (χ0) is 13.8. The van der Waals surface area contributed by atoms with Crippen LogP contribution in [0.25, 0.3) is 0 Å². The van der Waals surface area contributed by atoms with E-state index < -0.39 is 5.97 Å². The molecule has 19 heavy (non-hydrogen) atoms. The second-order valence-electron chi connectivity index (χ2n) is 5.09. The van der Waals surface area contributed by atoms with E-state index in [1.54, 1.807) is 18.3 Å². The monoisotopic (exact) mass is 281 g/mol. The molecule has 0 radical (unpaired) electrons. The third kappa shape index (κ3) is 3.80. The molecule has 1 aliphatic rings. The van der Waals surface area contributed by atoms with Gasteiger partial charge in [-0.2, -0.15) is 0 Å². The number of amides is 1. The lowest BCUT2D eigenvalue weighted by Gasteiger charge is -2.10. The van der Waals surface area contributed by atoms with Crippen molar-refractivity contribution < 1.29 is 14.7 Å². The minimum absolute atomic E-state index is 0.0448. The number of carboxylic acids is 1. The Kier molecular flexibility index (Phi) is 4.58. The van der Waals surface area contributed by atoms with Crippen LogP contribution in [-0.4, -0.2) is 23.0 Å². The Morgan fingerprint density at radius 3 is 2.84 bits per heavy atom. The average molecular weight is 281 g/mol. The molecule has 0 aromatic carbocycles. The van der Waals surface area contributed by atoms with Crippen molar-refractivity contribution in [2.45, 2.75) is 51.5 Å². The summed E-state index contributed by atoms with van der Waals surface area (Å²) in [5.74, 6) is -1.04. The minimum Gasteiger partial charge on any atom is -0.481 e. The van der Waals surface area contributed by atoms with Gasteiger partial charge in [0, 0.05) is 10.9 Å². The topological polar surface area (TPSA) is 66.4 Å². The van der Waals surface area contributed by atoms with Crippen molar-refractivity contribution in [2.75, 3.05) is 0 Å². The van der Waals surface area contributed by atoms with Crippen molar-refractivity contribution in [2.24, 2.45) is 0 Å². The fourth-order valence-corrected chi connectivity index (χ4v) is 3.54. The summed E-state index contributed by atoms with van der Waals surface area (Å²) in [4.78, 5) is 24.7. The number of carbonyl (C=O) groups excluding carboxylic acids is 1. The largest absolute Gasteiger partial charge is 0.481 e. The molecule has 0 fully saturated rings. The number of hydrogen-bond acceptors (Lipinski definition) is 3. The van der Waals surface area contributed by atoms with Crippen LogP contribution in [0.1, 0.15) is 52.7 Å². The van der Waals surface area contributed by atoms with Crippen molar-refractivity contribution in [1.82, 2.24) is 5.32 Å². The number of carbonyl (C=O) groups is 2. The van der Waals surface area contributed by atoms with E-state index in [1.807, 2.05) is 6.07 Å². The van der Waals surface area contributed by atoms with Crippen molar-refractivity contribution in [3.8, 4) is 0 Å². The maximum absolute atomic E-state index is 12.0. The number of aryl methyl sites for hydroxylation is 2. The molecule has 1 amide bonds. The molecule has 5 heteroatoms. The van der Waals surface area contributed by atoms with E-state index in [9.17, 15) is 9.59 Å². The molecular formula is C14H19NO3S. The molecule has 4 nitrogen and oxygen atoms in total. The van der Waals surface area contributed by atoms with Crippen LogP contribution in [0.2, 0.25) is 0 Å². The summed E-state index contributed by atoms with van der Waals surface area (Å²) in [6.07, 6.45) is 5.74. The molecule has 1 aliphatic carbocycles. The summed E-state index contributed by atoms with van der Waals surface area (Å²) in [7, 11) is 0. The zero-order valence-electron chi connectivity index (χ0n) is 11.1. The van der Waals surface area contributed by atoms with Crippen LogP contribution in [0.5, 0.6) is 0 Å². The minimum atomic E-state index is -0.894. The van der Waals surface area contributed by atoms with Gasteiger partial charge in [0.1, 0.15) is 0 Å². The summed E-state index contributed by atoms with van der Waals surface area (Å²) >= 11 is 1.56. The quantitative estimate of drug-likeness (QED) is 0.834. The van der Waals surface area contributed by atoms with Gasteiger partial charge in [0.05, 0.1) is 11.3 Å². The highest BCUT2D eigenvalue weighted by atomic mass is 32.1. The lowest BCUT2D eigenvalue weighted by Crippen LogP contribution is -2.33. The molecule has 1 atom stereocenters. The number of thiophene rings is 1. The maximum atomic E-state index is 12.0. The Balaban J connectivity index is 2.01. The molecule has 1 aromatic heterocycles. The first-order valence-electron chi connectivity index (χ1n) is 6.70. The average Bonchev–Trinajstić information content (AvgIpc) is 2.60. The Morgan fingerprint density at radius 2 is 2.11 bits per heavy atom. The summed E-state index contributed by atoms with van der Waals surface area (Å²) in [5.41, 5.74) is 1.30. The van der Waals surface area contributed by atoms with Crippen LogP contribution in [-0.2, 0) is 17.6 Å². The third-order valence-corrected chi connectivity index (χ3v) is 4.56. The number of nitrogens with one attached hydrogen (secondary N) is 1. The number of rotatable bonds is 4. The Bertz CT molecular complexity index is 458. The van der Waals surface area contributed by atoms with E-state index >= 15 is 0 Å². The lowest BCUT2D eigenvalue weighted by atomic mass is 10.1.